The van der Waals surface area contributed by atoms with E-state index in [9.17, 15) is 4.39 Å². The van der Waals surface area contributed by atoms with Crippen molar-refractivity contribution in [1.29, 1.82) is 0 Å². The summed E-state index contributed by atoms with van der Waals surface area (Å²) in [6, 6.07) is -0.336. The van der Waals surface area contributed by atoms with Crippen LogP contribution in [0.2, 0.25) is 0 Å². The lowest BCUT2D eigenvalue weighted by Gasteiger charge is -2.23. The number of likely N-dealkylation sites (tertiary alicyclic amines) is 1. The smallest absolute Gasteiger partial charge is 0.139 e. The maximum atomic E-state index is 13.5. The lowest BCUT2D eigenvalue weighted by atomic mass is 9.98. The predicted octanol–water partition coefficient (Wildman–Crippen LogP) is 0.377. The molecule has 3 heteroatoms. The van der Waals surface area contributed by atoms with E-state index < -0.39 is 5.67 Å². The zero-order valence-electron chi connectivity index (χ0n) is 6.60. The summed E-state index contributed by atoms with van der Waals surface area (Å²) in [5.74, 6) is 0. The summed E-state index contributed by atoms with van der Waals surface area (Å²) in [6.45, 7) is 3.06. The molecule has 0 aromatic carbocycles. The minimum atomic E-state index is -1.13. The molecule has 1 rings (SSSR count). The predicted molar refractivity (Wildman–Crippen MR) is 39.6 cm³/mol. The Bertz CT molecular complexity index is 127. The zero-order chi connectivity index (χ0) is 7.78. The number of hydrogen-bond donors (Lipinski definition) is 1. The topological polar surface area (TPSA) is 29.3 Å². The van der Waals surface area contributed by atoms with Crippen molar-refractivity contribution in [2.75, 3.05) is 20.1 Å². The van der Waals surface area contributed by atoms with Crippen LogP contribution in [0.4, 0.5) is 4.39 Å². The highest BCUT2D eigenvalue weighted by molar-refractivity contribution is 4.95. The molecule has 1 fully saturated rings. The summed E-state index contributed by atoms with van der Waals surface area (Å²) in [6.07, 6.45) is 0.584. The van der Waals surface area contributed by atoms with Gasteiger partial charge in [-0.1, -0.05) is 0 Å². The van der Waals surface area contributed by atoms with Crippen molar-refractivity contribution >= 4 is 0 Å². The van der Waals surface area contributed by atoms with E-state index in [1.54, 1.807) is 6.92 Å². The van der Waals surface area contributed by atoms with Crippen molar-refractivity contribution in [2.45, 2.75) is 25.1 Å². The molecule has 2 atom stereocenters. The molecule has 2 nitrogen and oxygen atoms in total. The Morgan fingerprint density at radius 3 is 2.50 bits per heavy atom. The first-order valence-electron chi connectivity index (χ1n) is 3.68. The molecular formula is C7H15FN2. The van der Waals surface area contributed by atoms with E-state index in [4.69, 9.17) is 5.73 Å². The van der Waals surface area contributed by atoms with Gasteiger partial charge < -0.3 is 10.6 Å². The third kappa shape index (κ3) is 1.30. The highest BCUT2D eigenvalue weighted by Gasteiger charge is 2.39. The number of halogens is 1. The third-order valence-electron chi connectivity index (χ3n) is 2.26. The lowest BCUT2D eigenvalue weighted by Crippen LogP contribution is -2.43. The van der Waals surface area contributed by atoms with Gasteiger partial charge in [0, 0.05) is 19.1 Å². The molecular weight excluding hydrogens is 131 g/mol. The van der Waals surface area contributed by atoms with E-state index in [0.29, 0.717) is 13.0 Å². The normalized spacial score (nSPS) is 38.4. The third-order valence-corrected chi connectivity index (χ3v) is 2.26. The van der Waals surface area contributed by atoms with E-state index in [0.717, 1.165) is 6.54 Å². The van der Waals surface area contributed by atoms with E-state index in [1.807, 2.05) is 11.9 Å². The van der Waals surface area contributed by atoms with E-state index in [1.165, 1.54) is 0 Å². The van der Waals surface area contributed by atoms with E-state index in [2.05, 4.69) is 0 Å². The van der Waals surface area contributed by atoms with Gasteiger partial charge in [0.05, 0.1) is 0 Å². The number of nitrogens with two attached hydrogens (primary N) is 1. The second-order valence-electron chi connectivity index (χ2n) is 3.31. The van der Waals surface area contributed by atoms with Crippen LogP contribution in [0.25, 0.3) is 0 Å². The van der Waals surface area contributed by atoms with Gasteiger partial charge in [-0.2, -0.15) is 0 Å². The Kier molecular flexibility index (Phi) is 1.97. The summed E-state index contributed by atoms with van der Waals surface area (Å²) >= 11 is 0. The molecule has 1 aliphatic heterocycles. The fraction of sp³-hybridized carbons (Fsp3) is 1.00. The molecule has 60 valence electrons. The van der Waals surface area contributed by atoms with Crippen LogP contribution in [-0.4, -0.2) is 36.7 Å². The monoisotopic (exact) mass is 146 g/mol. The van der Waals surface area contributed by atoms with Crippen LogP contribution in [0.1, 0.15) is 13.3 Å². The molecule has 0 bridgehead atoms. The van der Waals surface area contributed by atoms with E-state index >= 15 is 0 Å². The largest absolute Gasteiger partial charge is 0.325 e. The van der Waals surface area contributed by atoms with Crippen molar-refractivity contribution in [3.63, 3.8) is 0 Å². The van der Waals surface area contributed by atoms with Gasteiger partial charge in [0.2, 0.25) is 0 Å². The van der Waals surface area contributed by atoms with E-state index in [-0.39, 0.29) is 6.04 Å². The Morgan fingerprint density at radius 1 is 1.70 bits per heavy atom. The van der Waals surface area contributed by atoms with Gasteiger partial charge in [-0.05, 0) is 20.4 Å². The number of nitrogens with zero attached hydrogens (tertiary/aromatic N) is 1. The Labute approximate surface area is 61.2 Å². The van der Waals surface area contributed by atoms with Gasteiger partial charge in [0.1, 0.15) is 5.67 Å². The number of hydrogen-bond acceptors (Lipinski definition) is 2. The second-order valence-corrected chi connectivity index (χ2v) is 3.31. The average Bonchev–Trinajstić information content (AvgIpc) is 2.13. The van der Waals surface area contributed by atoms with Crippen LogP contribution in [0, 0.1) is 0 Å². The van der Waals surface area contributed by atoms with Gasteiger partial charge in [-0.3, -0.25) is 0 Å². The van der Waals surface area contributed by atoms with Crippen LogP contribution < -0.4 is 5.73 Å². The number of rotatable bonds is 1. The molecule has 2 unspecified atom stereocenters. The molecule has 1 heterocycles. The van der Waals surface area contributed by atoms with Gasteiger partial charge in [0.15, 0.2) is 0 Å². The van der Waals surface area contributed by atoms with Crippen LogP contribution in [0.15, 0.2) is 0 Å². The average molecular weight is 146 g/mol. The van der Waals surface area contributed by atoms with Crippen LogP contribution in [0.5, 0.6) is 0 Å². The first-order chi connectivity index (χ1) is 4.54. The molecule has 0 aromatic heterocycles. The molecule has 1 saturated heterocycles. The minimum Gasteiger partial charge on any atom is -0.325 e. The summed E-state index contributed by atoms with van der Waals surface area (Å²) < 4.78 is 13.5. The standard InChI is InChI=1S/C7H15FN2/c1-6(9)7(8)3-4-10(2)5-7/h6H,3-5,9H2,1-2H3. The molecule has 0 aromatic rings. The van der Waals surface area contributed by atoms with Gasteiger partial charge >= 0.3 is 0 Å². The SMILES string of the molecule is CC(N)C1(F)CCN(C)C1. The van der Waals surface area contributed by atoms with Crippen molar-refractivity contribution < 1.29 is 4.39 Å². The lowest BCUT2D eigenvalue weighted by molar-refractivity contribution is 0.143. The highest BCUT2D eigenvalue weighted by Crippen LogP contribution is 2.26. The fourth-order valence-electron chi connectivity index (χ4n) is 1.36. The molecule has 0 saturated carbocycles. The number of alkyl halides is 1. The van der Waals surface area contributed by atoms with Crippen LogP contribution in [-0.2, 0) is 0 Å². The molecule has 0 amide bonds. The van der Waals surface area contributed by atoms with Crippen molar-refractivity contribution in [1.82, 2.24) is 4.90 Å². The van der Waals surface area contributed by atoms with Gasteiger partial charge in [-0.25, -0.2) is 4.39 Å². The van der Waals surface area contributed by atoms with Crippen molar-refractivity contribution in [3.8, 4) is 0 Å². The Hall–Kier alpha value is -0.150. The minimum absolute atomic E-state index is 0.336. The summed E-state index contributed by atoms with van der Waals surface area (Å²) in [5.41, 5.74) is 4.36. The summed E-state index contributed by atoms with van der Waals surface area (Å²) in [4.78, 5) is 1.98. The highest BCUT2D eigenvalue weighted by atomic mass is 19.1. The van der Waals surface area contributed by atoms with Crippen molar-refractivity contribution in [2.24, 2.45) is 5.73 Å². The molecule has 2 N–H and O–H groups in total. The molecule has 1 aliphatic rings. The van der Waals surface area contributed by atoms with Crippen LogP contribution in [0.3, 0.4) is 0 Å². The summed E-state index contributed by atoms with van der Waals surface area (Å²) in [5, 5.41) is 0. The molecule has 10 heavy (non-hydrogen) atoms. The molecule has 0 radical (unpaired) electrons. The zero-order valence-corrected chi connectivity index (χ0v) is 6.60. The van der Waals surface area contributed by atoms with Crippen molar-refractivity contribution in [3.05, 3.63) is 0 Å². The Morgan fingerprint density at radius 2 is 2.30 bits per heavy atom. The van der Waals surface area contributed by atoms with Gasteiger partial charge in [0.25, 0.3) is 0 Å². The quantitative estimate of drug-likeness (QED) is 0.579. The van der Waals surface area contributed by atoms with Crippen LogP contribution >= 0.6 is 0 Å². The van der Waals surface area contributed by atoms with Gasteiger partial charge in [-0.15, -0.1) is 0 Å². The Balaban J connectivity index is 2.54. The maximum absolute atomic E-state index is 13.5. The maximum Gasteiger partial charge on any atom is 0.139 e. The molecule has 0 spiro atoms. The summed E-state index contributed by atoms with van der Waals surface area (Å²) in [7, 11) is 1.92. The fourth-order valence-corrected chi connectivity index (χ4v) is 1.36. The second kappa shape index (κ2) is 2.47. The molecule has 0 aliphatic carbocycles. The first kappa shape index (κ1) is 7.95. The first-order valence-corrected chi connectivity index (χ1v) is 3.68.